The molecule has 0 aromatic rings. The molecule has 0 amide bonds. The van der Waals surface area contributed by atoms with E-state index >= 15 is 0 Å². The Kier molecular flexibility index (Phi) is 13.2. The van der Waals surface area contributed by atoms with Crippen LogP contribution in [0.25, 0.3) is 0 Å². The van der Waals surface area contributed by atoms with Gasteiger partial charge in [0.15, 0.2) is 0 Å². The van der Waals surface area contributed by atoms with Gasteiger partial charge in [-0.05, 0) is 6.42 Å². The molecule has 0 spiro atoms. The second-order valence-electron chi connectivity index (χ2n) is 1.25. The molecule has 0 aliphatic rings. The quantitative estimate of drug-likeness (QED) is 0.246. The Labute approximate surface area is 42.9 Å². The van der Waals surface area contributed by atoms with Gasteiger partial charge in [-0.1, -0.05) is 13.3 Å². The van der Waals surface area contributed by atoms with E-state index in [4.69, 9.17) is 0 Å². The van der Waals surface area contributed by atoms with Crippen LogP contribution in [-0.2, 0) is 5.21 Å². The predicted octanol–water partition coefficient (Wildman–Crippen LogP) is -2.27. The summed E-state index contributed by atoms with van der Waals surface area (Å²) in [7, 11) is 0. The lowest BCUT2D eigenvalue weighted by Crippen LogP contribution is -3.00. The Morgan fingerprint density at radius 2 is 2.14 bits per heavy atom. The molecular formula is C4H10FNO. The minimum absolute atomic E-state index is 0. The minimum atomic E-state index is 0. The first-order valence-corrected chi connectivity index (χ1v) is 2.26. The second kappa shape index (κ2) is 9.28. The number of hydrogen-bond acceptors (Lipinski definition) is 1. The topological polar surface area (TPSA) is 31.9 Å². The van der Waals surface area contributed by atoms with Gasteiger partial charge < -0.3 is 4.70 Å². The average Bonchev–Trinajstić information content (AvgIpc) is 1.61. The van der Waals surface area contributed by atoms with Gasteiger partial charge in [0.1, 0.15) is 5.48 Å². The second-order valence-corrected chi connectivity index (χ2v) is 1.25. The third-order valence-corrected chi connectivity index (χ3v) is 0.632. The van der Waals surface area contributed by atoms with E-state index in [1.165, 1.54) is 0 Å². The lowest BCUT2D eigenvalue weighted by molar-refractivity contribution is -0.00000446. The molecule has 44 valence electrons. The molecule has 0 fully saturated rings. The highest BCUT2D eigenvalue weighted by atomic mass is 19.0. The van der Waals surface area contributed by atoms with Crippen molar-refractivity contribution in [2.24, 2.45) is 0 Å². The highest BCUT2D eigenvalue weighted by Crippen LogP contribution is 1.79. The van der Waals surface area contributed by atoms with E-state index < -0.39 is 0 Å². The fourth-order valence-corrected chi connectivity index (χ4v) is 0.249. The van der Waals surface area contributed by atoms with Crippen molar-refractivity contribution in [3.05, 3.63) is 0 Å². The van der Waals surface area contributed by atoms with Crippen LogP contribution in [0.5, 0.6) is 0 Å². The Bertz CT molecular complexity index is 23.7. The summed E-state index contributed by atoms with van der Waals surface area (Å²) in [6.07, 6.45) is 2.08. The molecule has 0 aromatic carbocycles. The van der Waals surface area contributed by atoms with Crippen molar-refractivity contribution in [2.45, 2.75) is 19.8 Å². The molecule has 0 aromatic heterocycles. The van der Waals surface area contributed by atoms with Gasteiger partial charge in [-0.2, -0.15) is 0 Å². The molecule has 0 rings (SSSR count). The van der Waals surface area contributed by atoms with Crippen LogP contribution >= 0.6 is 0 Å². The first-order chi connectivity index (χ1) is 2.91. The predicted molar refractivity (Wildman–Crippen MR) is 23.6 cm³/mol. The van der Waals surface area contributed by atoms with Crippen LogP contribution in [0, 0.1) is 0 Å². The first-order valence-electron chi connectivity index (χ1n) is 2.26. The maximum absolute atomic E-state index is 9.44. The van der Waals surface area contributed by atoms with Gasteiger partial charge >= 0.3 is 5.21 Å². The van der Waals surface area contributed by atoms with Crippen molar-refractivity contribution in [2.75, 3.05) is 6.54 Å². The monoisotopic (exact) mass is 107 g/mol. The number of hydrogen-bond donors (Lipinski definition) is 1. The van der Waals surface area contributed by atoms with Crippen molar-refractivity contribution in [3.63, 3.8) is 0 Å². The summed E-state index contributed by atoms with van der Waals surface area (Å²) < 4.78 is 0. The van der Waals surface area contributed by atoms with Gasteiger partial charge in [0.2, 0.25) is 0 Å². The van der Waals surface area contributed by atoms with E-state index in [9.17, 15) is 5.21 Å². The zero-order valence-corrected chi connectivity index (χ0v) is 4.41. The van der Waals surface area contributed by atoms with E-state index in [1.54, 1.807) is 0 Å². The molecule has 0 saturated carbocycles. The third kappa shape index (κ3) is 10.7. The molecule has 0 heterocycles. The number of nitrogens with one attached hydrogen (secondary N) is 1. The van der Waals surface area contributed by atoms with Crippen molar-refractivity contribution in [1.82, 2.24) is 5.48 Å². The van der Waals surface area contributed by atoms with Crippen LogP contribution in [0.1, 0.15) is 19.8 Å². The summed E-state index contributed by atoms with van der Waals surface area (Å²) in [4.78, 5) is 0. The van der Waals surface area contributed by atoms with E-state index in [1.807, 2.05) is 5.48 Å². The maximum Gasteiger partial charge on any atom is 0.452 e. The molecule has 1 N–H and O–H groups in total. The number of rotatable bonds is 3. The maximum atomic E-state index is 9.44. The van der Waals surface area contributed by atoms with Crippen molar-refractivity contribution < 1.29 is 9.91 Å². The Morgan fingerprint density at radius 1 is 1.57 bits per heavy atom. The van der Waals surface area contributed by atoms with Crippen molar-refractivity contribution >= 4 is 0 Å². The molecule has 0 unspecified atom stereocenters. The fraction of sp³-hybridized carbons (Fsp3) is 1.00. The molecule has 2 radical (unpaired) electrons. The number of unbranched alkanes of at least 4 members (excludes halogenated alkanes) is 1. The summed E-state index contributed by atoms with van der Waals surface area (Å²) in [6.45, 7) is 2.66. The van der Waals surface area contributed by atoms with Crippen molar-refractivity contribution in [1.29, 1.82) is 0 Å². The molecule has 0 aliphatic carbocycles. The Balaban J connectivity index is 0. The van der Waals surface area contributed by atoms with Gasteiger partial charge in [0, 0.05) is 0 Å². The van der Waals surface area contributed by atoms with Gasteiger partial charge in [-0.15, -0.1) is 0 Å². The van der Waals surface area contributed by atoms with Crippen LogP contribution in [-0.4, -0.2) is 6.54 Å². The summed E-state index contributed by atoms with van der Waals surface area (Å²) in [5, 5.41) is 9.44. The number of halogens is 1. The summed E-state index contributed by atoms with van der Waals surface area (Å²) in [6, 6.07) is 0. The van der Waals surface area contributed by atoms with Gasteiger partial charge in [0.25, 0.3) is 0 Å². The van der Waals surface area contributed by atoms with Crippen LogP contribution in [0.2, 0.25) is 0 Å². The fourth-order valence-electron chi connectivity index (χ4n) is 0.249. The van der Waals surface area contributed by atoms with Gasteiger partial charge in [-0.3, -0.25) is 0 Å². The SMILES string of the molecule is CCCCN[O+].[F-]. The zero-order valence-electron chi connectivity index (χ0n) is 4.41. The van der Waals surface area contributed by atoms with Crippen LogP contribution in [0.15, 0.2) is 0 Å². The van der Waals surface area contributed by atoms with E-state index in [-0.39, 0.29) is 4.70 Å². The average molecular weight is 107 g/mol. The molecular weight excluding hydrogens is 97.0 g/mol. The van der Waals surface area contributed by atoms with E-state index in [0.29, 0.717) is 6.54 Å². The smallest absolute Gasteiger partial charge is 0.452 e. The van der Waals surface area contributed by atoms with Crippen LogP contribution in [0.4, 0.5) is 0 Å². The summed E-state index contributed by atoms with van der Waals surface area (Å²) >= 11 is 0. The van der Waals surface area contributed by atoms with E-state index in [2.05, 4.69) is 6.92 Å². The normalized spacial score (nSPS) is 7.71. The third-order valence-electron chi connectivity index (χ3n) is 0.632. The van der Waals surface area contributed by atoms with Crippen LogP contribution < -0.4 is 10.2 Å². The Morgan fingerprint density at radius 3 is 2.29 bits per heavy atom. The lowest BCUT2D eigenvalue weighted by atomic mass is 10.3. The van der Waals surface area contributed by atoms with Crippen LogP contribution in [0.3, 0.4) is 0 Å². The van der Waals surface area contributed by atoms with Gasteiger partial charge in [0.05, 0.1) is 6.54 Å². The Hall–Kier alpha value is -0.150. The number of hydroxylamine groups is 1. The summed E-state index contributed by atoms with van der Waals surface area (Å²) in [5.41, 5.74) is 1.82. The van der Waals surface area contributed by atoms with Crippen molar-refractivity contribution in [3.8, 4) is 0 Å². The molecule has 0 saturated heterocycles. The molecule has 3 heteroatoms. The molecule has 0 aliphatic heterocycles. The lowest BCUT2D eigenvalue weighted by Gasteiger charge is -1.77. The minimum Gasteiger partial charge on any atom is -1.00 e. The summed E-state index contributed by atoms with van der Waals surface area (Å²) in [5.74, 6) is 0. The van der Waals surface area contributed by atoms with Gasteiger partial charge in [-0.25, -0.2) is 0 Å². The standard InChI is InChI=1S/C4H10NO.FH/c1-2-3-4-5-6;/h5H,2-4H2,1H3;1H/q+1;/p-1. The molecule has 0 bridgehead atoms. The molecule has 7 heavy (non-hydrogen) atoms. The molecule has 2 nitrogen and oxygen atoms in total. The highest BCUT2D eigenvalue weighted by Gasteiger charge is 1.87. The zero-order chi connectivity index (χ0) is 4.83. The largest absolute Gasteiger partial charge is 1.00 e. The van der Waals surface area contributed by atoms with E-state index in [0.717, 1.165) is 12.8 Å². The molecule has 0 atom stereocenters. The highest BCUT2D eigenvalue weighted by molar-refractivity contribution is 4.30. The first kappa shape index (κ1) is 9.97.